The summed E-state index contributed by atoms with van der Waals surface area (Å²) in [6.45, 7) is 4.97. The van der Waals surface area contributed by atoms with Gasteiger partial charge in [-0.25, -0.2) is 0 Å². The molecule has 1 amide bonds. The molecule has 3 N–H and O–H groups in total. The maximum absolute atomic E-state index is 12.4. The van der Waals surface area contributed by atoms with Gasteiger partial charge in [0.2, 0.25) is 0 Å². The van der Waals surface area contributed by atoms with Gasteiger partial charge in [0.25, 0.3) is 5.91 Å². The van der Waals surface area contributed by atoms with Gasteiger partial charge in [-0.2, -0.15) is 0 Å². The molecule has 0 saturated carbocycles. The molecule has 0 aromatic heterocycles. The van der Waals surface area contributed by atoms with Crippen LogP contribution in [0.1, 0.15) is 22.8 Å². The quantitative estimate of drug-likeness (QED) is 0.666. The van der Waals surface area contributed by atoms with Crippen LogP contribution >= 0.6 is 23.2 Å². The van der Waals surface area contributed by atoms with Gasteiger partial charge in [-0.3, -0.25) is 9.69 Å². The van der Waals surface area contributed by atoms with Gasteiger partial charge in [-0.1, -0.05) is 42.3 Å². The van der Waals surface area contributed by atoms with E-state index in [1.165, 1.54) is 18.7 Å². The van der Waals surface area contributed by atoms with E-state index < -0.39 is 0 Å². The highest BCUT2D eigenvalue weighted by Crippen LogP contribution is 2.28. The summed E-state index contributed by atoms with van der Waals surface area (Å²) in [5.41, 5.74) is 7.67. The molecule has 2 aromatic carbocycles. The monoisotopic (exact) mass is 395 g/mol. The largest absolute Gasteiger partial charge is 0.496 e. The number of rotatable bonds is 8. The number of amides is 1. The van der Waals surface area contributed by atoms with E-state index in [-0.39, 0.29) is 5.91 Å². The number of likely N-dealkylation sites (N-methyl/N-ethyl adjacent to an activating group) is 1. The molecule has 0 aliphatic carbocycles. The molecular formula is C19H23Cl2N3O2. The SMILES string of the molecule is CCN(CCNC(=O)c1cc(Cl)c(N)cc1OC)Cc1ccc(Cl)cc1. The van der Waals surface area contributed by atoms with Gasteiger partial charge in [0.15, 0.2) is 0 Å². The number of hydrogen-bond acceptors (Lipinski definition) is 4. The zero-order valence-corrected chi connectivity index (χ0v) is 16.4. The van der Waals surface area contributed by atoms with Gasteiger partial charge in [0.1, 0.15) is 5.75 Å². The van der Waals surface area contributed by atoms with Crippen LogP contribution in [0.3, 0.4) is 0 Å². The van der Waals surface area contributed by atoms with Crippen molar-refractivity contribution in [3.63, 3.8) is 0 Å². The van der Waals surface area contributed by atoms with Crippen LogP contribution in [0.15, 0.2) is 36.4 Å². The Kier molecular flexibility index (Phi) is 7.57. The third kappa shape index (κ3) is 5.53. The molecule has 0 spiro atoms. The number of benzene rings is 2. The molecule has 0 radical (unpaired) electrons. The summed E-state index contributed by atoms with van der Waals surface area (Å²) < 4.78 is 5.22. The number of hydrogen-bond donors (Lipinski definition) is 2. The van der Waals surface area contributed by atoms with E-state index in [1.54, 1.807) is 6.07 Å². The van der Waals surface area contributed by atoms with E-state index in [0.29, 0.717) is 28.6 Å². The molecule has 2 rings (SSSR count). The number of nitrogens with one attached hydrogen (secondary N) is 1. The Bertz CT molecular complexity index is 751. The Labute approximate surface area is 164 Å². The number of carbonyl (C=O) groups excluding carboxylic acids is 1. The van der Waals surface area contributed by atoms with Crippen molar-refractivity contribution in [2.24, 2.45) is 0 Å². The first-order valence-corrected chi connectivity index (χ1v) is 9.08. The number of methoxy groups -OCH3 is 1. The van der Waals surface area contributed by atoms with Crippen LogP contribution in [0, 0.1) is 0 Å². The van der Waals surface area contributed by atoms with E-state index in [9.17, 15) is 4.79 Å². The topological polar surface area (TPSA) is 67.6 Å². The van der Waals surface area contributed by atoms with Crippen molar-refractivity contribution >= 4 is 34.8 Å². The fraction of sp³-hybridized carbons (Fsp3) is 0.316. The first-order valence-electron chi connectivity index (χ1n) is 8.32. The van der Waals surface area contributed by atoms with Crippen molar-refractivity contribution in [1.82, 2.24) is 10.2 Å². The van der Waals surface area contributed by atoms with Crippen LogP contribution in [0.5, 0.6) is 5.75 Å². The molecule has 0 fully saturated rings. The minimum absolute atomic E-state index is 0.244. The van der Waals surface area contributed by atoms with E-state index >= 15 is 0 Å². The van der Waals surface area contributed by atoms with E-state index in [4.69, 9.17) is 33.7 Å². The highest BCUT2D eigenvalue weighted by Gasteiger charge is 2.15. The molecule has 140 valence electrons. The Hall–Kier alpha value is -1.95. The Balaban J connectivity index is 1.92. The Morgan fingerprint density at radius 3 is 2.54 bits per heavy atom. The van der Waals surface area contributed by atoms with Crippen molar-refractivity contribution in [3.05, 3.63) is 57.6 Å². The zero-order chi connectivity index (χ0) is 19.1. The third-order valence-electron chi connectivity index (χ3n) is 4.04. The molecular weight excluding hydrogens is 373 g/mol. The standard InChI is InChI=1S/C19H23Cl2N3O2/c1-3-24(12-13-4-6-14(20)7-5-13)9-8-23-19(25)15-10-16(21)17(22)11-18(15)26-2/h4-7,10-11H,3,8-9,12,22H2,1-2H3,(H,23,25). The lowest BCUT2D eigenvalue weighted by atomic mass is 10.1. The number of ether oxygens (including phenoxy) is 1. The van der Waals surface area contributed by atoms with Crippen molar-refractivity contribution in [3.8, 4) is 5.75 Å². The summed E-state index contributed by atoms with van der Waals surface area (Å²) in [6.07, 6.45) is 0. The predicted octanol–water partition coefficient (Wildman–Crippen LogP) is 3.84. The molecule has 5 nitrogen and oxygen atoms in total. The minimum atomic E-state index is -0.244. The maximum atomic E-state index is 12.4. The van der Waals surface area contributed by atoms with E-state index in [1.807, 2.05) is 24.3 Å². The van der Waals surface area contributed by atoms with Gasteiger partial charge in [0, 0.05) is 30.7 Å². The molecule has 0 bridgehead atoms. The second-order valence-corrected chi connectivity index (χ2v) is 6.67. The fourth-order valence-electron chi connectivity index (χ4n) is 2.54. The summed E-state index contributed by atoms with van der Waals surface area (Å²) >= 11 is 11.9. The smallest absolute Gasteiger partial charge is 0.255 e. The lowest BCUT2D eigenvalue weighted by molar-refractivity contribution is 0.0945. The summed E-state index contributed by atoms with van der Waals surface area (Å²) in [5.74, 6) is 0.157. The van der Waals surface area contributed by atoms with Gasteiger partial charge in [-0.05, 0) is 30.3 Å². The summed E-state index contributed by atoms with van der Waals surface area (Å²) in [6, 6.07) is 10.8. The normalized spacial score (nSPS) is 10.8. The second-order valence-electron chi connectivity index (χ2n) is 5.83. The average molecular weight is 396 g/mol. The lowest BCUT2D eigenvalue weighted by Gasteiger charge is -2.21. The molecule has 0 unspecified atom stereocenters. The van der Waals surface area contributed by atoms with Crippen LogP contribution < -0.4 is 15.8 Å². The first-order chi connectivity index (χ1) is 12.4. The molecule has 0 atom stereocenters. The molecule has 7 heteroatoms. The predicted molar refractivity (Wildman–Crippen MR) is 107 cm³/mol. The number of carbonyl (C=O) groups is 1. The molecule has 0 saturated heterocycles. The Morgan fingerprint density at radius 1 is 1.23 bits per heavy atom. The van der Waals surface area contributed by atoms with Gasteiger partial charge in [-0.15, -0.1) is 0 Å². The molecule has 26 heavy (non-hydrogen) atoms. The van der Waals surface area contributed by atoms with E-state index in [0.717, 1.165) is 24.7 Å². The second kappa shape index (κ2) is 9.67. The number of anilines is 1. The van der Waals surface area contributed by atoms with Crippen molar-refractivity contribution in [1.29, 1.82) is 0 Å². The van der Waals surface area contributed by atoms with Gasteiger partial charge in [0.05, 0.1) is 23.4 Å². The third-order valence-corrected chi connectivity index (χ3v) is 4.62. The summed E-state index contributed by atoms with van der Waals surface area (Å²) in [7, 11) is 1.49. The zero-order valence-electron chi connectivity index (χ0n) is 14.9. The van der Waals surface area contributed by atoms with Crippen LogP contribution in [0.4, 0.5) is 5.69 Å². The number of nitrogens with two attached hydrogens (primary N) is 1. The van der Waals surface area contributed by atoms with Crippen LogP contribution in [0.25, 0.3) is 0 Å². The van der Waals surface area contributed by atoms with Gasteiger partial charge >= 0.3 is 0 Å². The van der Waals surface area contributed by atoms with Crippen LogP contribution in [-0.2, 0) is 6.54 Å². The summed E-state index contributed by atoms with van der Waals surface area (Å²) in [4.78, 5) is 14.7. The van der Waals surface area contributed by atoms with Crippen molar-refractivity contribution in [2.75, 3.05) is 32.5 Å². The highest BCUT2D eigenvalue weighted by molar-refractivity contribution is 6.33. The van der Waals surface area contributed by atoms with Crippen molar-refractivity contribution < 1.29 is 9.53 Å². The molecule has 2 aromatic rings. The highest BCUT2D eigenvalue weighted by atomic mass is 35.5. The molecule has 0 aliphatic heterocycles. The number of halogens is 2. The Morgan fingerprint density at radius 2 is 1.92 bits per heavy atom. The van der Waals surface area contributed by atoms with Crippen LogP contribution in [-0.4, -0.2) is 37.6 Å². The fourth-order valence-corrected chi connectivity index (χ4v) is 2.82. The molecule has 0 heterocycles. The first kappa shape index (κ1) is 20.4. The maximum Gasteiger partial charge on any atom is 0.255 e. The minimum Gasteiger partial charge on any atom is -0.496 e. The average Bonchev–Trinajstić information content (AvgIpc) is 2.64. The van der Waals surface area contributed by atoms with Gasteiger partial charge < -0.3 is 15.8 Å². The van der Waals surface area contributed by atoms with Crippen molar-refractivity contribution in [2.45, 2.75) is 13.5 Å². The number of nitrogen functional groups attached to an aromatic ring is 1. The van der Waals surface area contributed by atoms with E-state index in [2.05, 4.69) is 17.1 Å². The lowest BCUT2D eigenvalue weighted by Crippen LogP contribution is -2.34. The van der Waals surface area contributed by atoms with Crippen LogP contribution in [0.2, 0.25) is 10.0 Å². The number of nitrogens with zero attached hydrogens (tertiary/aromatic N) is 1. The molecule has 0 aliphatic rings. The summed E-state index contributed by atoms with van der Waals surface area (Å²) in [5, 5.41) is 3.95.